The molecule has 3 aromatic heterocycles. The first-order valence-electron chi connectivity index (χ1n) is 9.84. The average Bonchev–Trinajstić information content (AvgIpc) is 3.43. The molecule has 0 radical (unpaired) electrons. The Labute approximate surface area is 158 Å². The van der Waals surface area contributed by atoms with Crippen LogP contribution >= 0.6 is 0 Å². The van der Waals surface area contributed by atoms with Crippen LogP contribution in [0.2, 0.25) is 0 Å². The number of rotatable bonds is 7. The van der Waals surface area contributed by atoms with Crippen LogP contribution in [0.3, 0.4) is 0 Å². The Morgan fingerprint density at radius 2 is 2.07 bits per heavy atom. The molecule has 0 atom stereocenters. The fourth-order valence-electron chi connectivity index (χ4n) is 3.66. The maximum atomic E-state index is 4.80. The lowest BCUT2D eigenvalue weighted by molar-refractivity contribution is 0.179. The summed E-state index contributed by atoms with van der Waals surface area (Å²) in [5.41, 5.74) is 3.11. The van der Waals surface area contributed by atoms with E-state index in [1.165, 1.54) is 32.1 Å². The molecule has 2 aliphatic carbocycles. The van der Waals surface area contributed by atoms with Crippen LogP contribution in [-0.4, -0.2) is 31.3 Å². The van der Waals surface area contributed by atoms with E-state index in [9.17, 15) is 0 Å². The van der Waals surface area contributed by atoms with Gasteiger partial charge in [-0.05, 0) is 43.2 Å². The molecule has 7 nitrogen and oxygen atoms in total. The summed E-state index contributed by atoms with van der Waals surface area (Å²) in [6.07, 6.45) is 8.07. The minimum absolute atomic E-state index is 0.394. The third kappa shape index (κ3) is 3.34. The summed E-state index contributed by atoms with van der Waals surface area (Å²) < 4.78 is 1.92. The van der Waals surface area contributed by atoms with Crippen molar-refractivity contribution in [3.05, 3.63) is 42.0 Å². The molecule has 0 bridgehead atoms. The Morgan fingerprint density at radius 3 is 2.78 bits per heavy atom. The van der Waals surface area contributed by atoms with Gasteiger partial charge in [-0.2, -0.15) is 4.52 Å². The highest BCUT2D eigenvalue weighted by Crippen LogP contribution is 2.41. The first-order chi connectivity index (χ1) is 13.2. The van der Waals surface area contributed by atoms with E-state index in [0.717, 1.165) is 35.2 Å². The van der Waals surface area contributed by atoms with Gasteiger partial charge in [0.2, 0.25) is 5.65 Å². The predicted molar refractivity (Wildman–Crippen MR) is 105 cm³/mol. The second-order valence-electron chi connectivity index (χ2n) is 8.20. The number of fused-ring (bicyclic) bond motifs is 1. The first kappa shape index (κ1) is 16.5. The summed E-state index contributed by atoms with van der Waals surface area (Å²) in [4.78, 5) is 4.39. The zero-order chi connectivity index (χ0) is 18.3. The minimum Gasteiger partial charge on any atom is -0.376 e. The molecule has 0 spiro atoms. The molecule has 0 unspecified atom stereocenters. The summed E-state index contributed by atoms with van der Waals surface area (Å²) in [7, 11) is 0. The second kappa shape index (κ2) is 6.48. The van der Waals surface area contributed by atoms with E-state index in [2.05, 4.69) is 32.7 Å². The van der Waals surface area contributed by atoms with Crippen LogP contribution in [0.25, 0.3) is 5.65 Å². The maximum Gasteiger partial charge on any atom is 0.201 e. The van der Waals surface area contributed by atoms with Crippen molar-refractivity contribution < 1.29 is 0 Å². The molecule has 0 amide bonds. The summed E-state index contributed by atoms with van der Waals surface area (Å²) in [5, 5.41) is 20.7. The van der Waals surface area contributed by atoms with Gasteiger partial charge in [-0.25, -0.2) is 0 Å². The van der Waals surface area contributed by atoms with Crippen LogP contribution in [0.15, 0.2) is 30.5 Å². The van der Waals surface area contributed by atoms with Crippen LogP contribution < -0.4 is 10.6 Å². The quantitative estimate of drug-likeness (QED) is 0.667. The Hall–Kier alpha value is -2.70. The normalized spacial score (nSPS) is 18.3. The molecule has 3 aromatic rings. The highest BCUT2D eigenvalue weighted by molar-refractivity contribution is 5.70. The lowest BCUT2D eigenvalue weighted by Crippen LogP contribution is -2.33. The smallest absolute Gasteiger partial charge is 0.201 e. The fraction of sp³-hybridized carbons (Fsp3) is 0.500. The molecule has 2 N–H and O–H groups in total. The Balaban J connectivity index is 1.44. The molecule has 2 saturated carbocycles. The van der Waals surface area contributed by atoms with Crippen molar-refractivity contribution in [1.82, 2.24) is 24.8 Å². The summed E-state index contributed by atoms with van der Waals surface area (Å²) in [6.45, 7) is 3.94. The Bertz CT molecular complexity index is 942. The van der Waals surface area contributed by atoms with Crippen LogP contribution in [-0.2, 0) is 6.54 Å². The van der Waals surface area contributed by atoms with Crippen molar-refractivity contribution in [3.63, 3.8) is 0 Å². The second-order valence-corrected chi connectivity index (χ2v) is 8.20. The van der Waals surface area contributed by atoms with Crippen LogP contribution in [0.1, 0.15) is 56.5 Å². The molecule has 3 heterocycles. The zero-order valence-corrected chi connectivity index (χ0v) is 15.6. The lowest BCUT2D eigenvalue weighted by Gasteiger charge is -2.38. The van der Waals surface area contributed by atoms with Crippen LogP contribution in [0.4, 0.5) is 11.5 Å². The first-order valence-corrected chi connectivity index (χ1v) is 9.84. The molecular weight excluding hydrogens is 338 g/mol. The number of hydrogen-bond donors (Lipinski definition) is 2. The highest BCUT2D eigenvalue weighted by Gasteiger charge is 2.32. The van der Waals surface area contributed by atoms with Gasteiger partial charge in [0, 0.05) is 24.7 Å². The van der Waals surface area contributed by atoms with Crippen molar-refractivity contribution in [2.45, 2.75) is 51.5 Å². The molecule has 2 aliphatic rings. The number of aromatic nitrogens is 5. The van der Waals surface area contributed by atoms with Gasteiger partial charge < -0.3 is 10.6 Å². The third-order valence-electron chi connectivity index (χ3n) is 5.78. The van der Waals surface area contributed by atoms with Gasteiger partial charge >= 0.3 is 0 Å². The van der Waals surface area contributed by atoms with Gasteiger partial charge in [0.15, 0.2) is 5.82 Å². The fourth-order valence-corrected chi connectivity index (χ4v) is 3.66. The van der Waals surface area contributed by atoms with Gasteiger partial charge in [0.25, 0.3) is 0 Å². The molecule has 2 fully saturated rings. The largest absolute Gasteiger partial charge is 0.376 e. The van der Waals surface area contributed by atoms with E-state index < -0.39 is 0 Å². The lowest BCUT2D eigenvalue weighted by atomic mass is 9.70. The number of hydrogen-bond acceptors (Lipinski definition) is 6. The third-order valence-corrected chi connectivity index (χ3v) is 5.78. The Kier molecular flexibility index (Phi) is 3.95. The Morgan fingerprint density at radius 1 is 1.19 bits per heavy atom. The van der Waals surface area contributed by atoms with Crippen LogP contribution in [0, 0.1) is 5.41 Å². The SMILES string of the molecule is CC1(CNc2cc(NCc3ccccn3)c3nnc(C4CC4)n3n2)CCC1. The molecule has 27 heavy (non-hydrogen) atoms. The monoisotopic (exact) mass is 363 g/mol. The van der Waals surface area contributed by atoms with Crippen molar-refractivity contribution >= 4 is 17.2 Å². The van der Waals surface area contributed by atoms with Gasteiger partial charge in [-0.15, -0.1) is 15.3 Å². The number of anilines is 2. The highest BCUT2D eigenvalue weighted by atomic mass is 15.4. The maximum absolute atomic E-state index is 4.80. The minimum atomic E-state index is 0.394. The summed E-state index contributed by atoms with van der Waals surface area (Å²) >= 11 is 0. The van der Waals surface area contributed by atoms with Gasteiger partial charge in [0.05, 0.1) is 17.9 Å². The standard InChI is InChI=1S/C20H25N7/c1-20(8-4-9-20)13-23-17-11-16(22-12-15-5-2-3-10-21-15)19-25-24-18(14-6-7-14)27(19)26-17/h2-3,5,10-11,14,22H,4,6-9,12-13H2,1H3,(H,23,26). The van der Waals surface area contributed by atoms with E-state index in [0.29, 0.717) is 17.9 Å². The van der Waals surface area contributed by atoms with Gasteiger partial charge in [-0.1, -0.05) is 19.4 Å². The van der Waals surface area contributed by atoms with E-state index in [-0.39, 0.29) is 0 Å². The van der Waals surface area contributed by atoms with Crippen molar-refractivity contribution in [3.8, 4) is 0 Å². The topological polar surface area (TPSA) is 80.0 Å². The van der Waals surface area contributed by atoms with Crippen molar-refractivity contribution in [2.75, 3.05) is 17.2 Å². The average molecular weight is 363 g/mol. The molecule has 0 aromatic carbocycles. The zero-order valence-electron chi connectivity index (χ0n) is 15.6. The summed E-state index contributed by atoms with van der Waals surface area (Å²) in [5.74, 6) is 2.35. The molecular formula is C20H25N7. The number of pyridine rings is 1. The van der Waals surface area contributed by atoms with Gasteiger partial charge in [-0.3, -0.25) is 4.98 Å². The van der Waals surface area contributed by atoms with Crippen molar-refractivity contribution in [2.24, 2.45) is 5.41 Å². The molecule has 140 valence electrons. The molecule has 5 rings (SSSR count). The van der Waals surface area contributed by atoms with E-state index in [1.807, 2.05) is 35.0 Å². The van der Waals surface area contributed by atoms with E-state index in [1.54, 1.807) is 0 Å². The van der Waals surface area contributed by atoms with E-state index in [4.69, 9.17) is 5.10 Å². The van der Waals surface area contributed by atoms with Crippen LogP contribution in [0.5, 0.6) is 0 Å². The molecule has 7 heteroatoms. The molecule has 0 aliphatic heterocycles. The number of nitrogens with one attached hydrogen (secondary N) is 2. The van der Waals surface area contributed by atoms with E-state index >= 15 is 0 Å². The van der Waals surface area contributed by atoms with Crippen molar-refractivity contribution in [1.29, 1.82) is 0 Å². The molecule has 0 saturated heterocycles. The summed E-state index contributed by atoms with van der Waals surface area (Å²) in [6, 6.07) is 7.99. The van der Waals surface area contributed by atoms with Gasteiger partial charge in [0.1, 0.15) is 5.82 Å². The predicted octanol–water partition coefficient (Wildman–Crippen LogP) is 3.61. The number of nitrogens with zero attached hydrogens (tertiary/aromatic N) is 5.